The zero-order chi connectivity index (χ0) is 85.3. The summed E-state index contributed by atoms with van der Waals surface area (Å²) in [6.07, 6.45) is 15.4. The van der Waals surface area contributed by atoms with Crippen LogP contribution in [0.15, 0.2) is 91.2 Å². The molecule has 122 heavy (non-hydrogen) atoms. The van der Waals surface area contributed by atoms with Gasteiger partial charge >= 0.3 is 35.9 Å². The number of allylic oxidation sites excluding steroid dienone is 4. The summed E-state index contributed by atoms with van der Waals surface area (Å²) in [6.45, 7) is 7.81. The number of imide groups is 2. The van der Waals surface area contributed by atoms with E-state index in [4.69, 9.17) is 30.8 Å². The lowest BCUT2D eigenvalue weighted by molar-refractivity contribution is -0.799. The largest absolute Gasteiger partial charge is 1.00 e. The highest BCUT2D eigenvalue weighted by atomic mass is 127. The Hall–Kier alpha value is -10.5. The number of amides is 10. The van der Waals surface area contributed by atoms with Crippen LogP contribution in [0.25, 0.3) is 5.65 Å². The van der Waals surface area contributed by atoms with E-state index in [1.807, 2.05) is 43.1 Å². The second kappa shape index (κ2) is 43.5. The van der Waals surface area contributed by atoms with Crippen molar-refractivity contribution in [3.63, 3.8) is 0 Å². The number of aromatic amines is 1. The third-order valence-corrected chi connectivity index (χ3v) is 24.1. The number of aliphatic hydroxyl groups is 2. The minimum Gasteiger partial charge on any atom is -1.00 e. The van der Waals surface area contributed by atoms with Gasteiger partial charge in [-0.2, -0.15) is 13.2 Å². The van der Waals surface area contributed by atoms with Crippen molar-refractivity contribution in [2.75, 3.05) is 116 Å². The van der Waals surface area contributed by atoms with Crippen LogP contribution < -0.4 is 58.8 Å². The monoisotopic (exact) mass is 1810 g/mol. The first-order valence-corrected chi connectivity index (χ1v) is 41.6. The first kappa shape index (κ1) is 93.8. The van der Waals surface area contributed by atoms with E-state index < -0.39 is 30.3 Å². The summed E-state index contributed by atoms with van der Waals surface area (Å²) < 4.78 is 64.2. The molecular weight excluding hydrogens is 1700 g/mol. The molecule has 0 radical (unpaired) electrons. The second-order valence-corrected chi connectivity index (χ2v) is 31.9. The average Bonchev–Trinajstić information content (AvgIpc) is 1.58. The van der Waals surface area contributed by atoms with Gasteiger partial charge in [0, 0.05) is 133 Å². The van der Waals surface area contributed by atoms with Crippen molar-refractivity contribution >= 4 is 82.4 Å². The number of aliphatic hydroxyl groups excluding tert-OH is 2. The molecule has 6 fully saturated rings. The molecular formula is C85H112F3IN17O16+. The zero-order valence-corrected chi connectivity index (χ0v) is 70.5. The second-order valence-electron chi connectivity index (χ2n) is 31.9. The van der Waals surface area contributed by atoms with Gasteiger partial charge < -0.3 is 78.6 Å². The summed E-state index contributed by atoms with van der Waals surface area (Å²) in [5.74, 6) is 0.760. The SMILES string of the molecule is C.C#CCN(CCC(=O)NCCO)C(=O)CCCCCN1C(=O)[C@@H]2[C@H](C1=O)[C@H]1C=C[C@@H]2C1.CC(OC(=O)Nc1ccccc1COC(=O)CCn1cc(CN(CCC(=O)NCCO)C(=O)CCCCCN2C(=O)[C@@H]3[C@H](C2=O)[C@H]2C=C[C@@H]3C2)nn1)[n+]1[nH]c(C(F)(F)F)[n+]2nc(N3CCC(c4ccc(OCCN5CCN(C)C(=O)[C@@H]5C)cc4)CC3)ccc12.[I-]. The van der Waals surface area contributed by atoms with Gasteiger partial charge in [-0.15, -0.1) is 11.5 Å². The number of benzene rings is 2. The maximum atomic E-state index is 14.6. The number of esters is 1. The number of piperazine rings is 1. The Morgan fingerprint density at radius 3 is 1.83 bits per heavy atom. The van der Waals surface area contributed by atoms with E-state index in [9.17, 15) is 65.9 Å². The molecule has 6 N–H and O–H groups in total. The van der Waals surface area contributed by atoms with Crippen LogP contribution >= 0.6 is 0 Å². The van der Waals surface area contributed by atoms with Crippen LogP contribution in [0.2, 0.25) is 0 Å². The number of aryl methyl sites for hydroxylation is 1. The van der Waals surface area contributed by atoms with Crippen molar-refractivity contribution in [3.8, 4) is 18.1 Å². The molecule has 5 aromatic rings. The van der Waals surface area contributed by atoms with Gasteiger partial charge in [-0.3, -0.25) is 72.6 Å². The number of likely N-dealkylation sites (N-methyl/N-ethyl adjacent to an activating group) is 1. The molecule has 10 atom stereocenters. The van der Waals surface area contributed by atoms with Crippen LogP contribution in [0, 0.1) is 59.7 Å². The topological polar surface area (TPSA) is 382 Å². The lowest BCUT2D eigenvalue weighted by Gasteiger charge is -2.37. The predicted molar refractivity (Wildman–Crippen MR) is 430 cm³/mol. The van der Waals surface area contributed by atoms with E-state index in [0.717, 1.165) is 59.2 Å². The van der Waals surface area contributed by atoms with Gasteiger partial charge in [-0.25, -0.2) is 4.79 Å². The van der Waals surface area contributed by atoms with Crippen molar-refractivity contribution in [2.45, 2.75) is 162 Å². The van der Waals surface area contributed by atoms with Gasteiger partial charge in [-0.1, -0.05) is 91.1 Å². The highest BCUT2D eigenvalue weighted by Gasteiger charge is 2.60. The van der Waals surface area contributed by atoms with E-state index in [1.165, 1.54) is 37.3 Å². The Bertz CT molecular complexity index is 4590. The number of unbranched alkanes of at least 4 members (excludes halogenated alkanes) is 4. The molecule has 0 spiro atoms. The highest BCUT2D eigenvalue weighted by molar-refractivity contribution is 6.07. The Morgan fingerprint density at radius 1 is 0.697 bits per heavy atom. The molecule has 4 aliphatic carbocycles. The summed E-state index contributed by atoms with van der Waals surface area (Å²) in [7, 11) is 1.81. The van der Waals surface area contributed by atoms with Crippen LogP contribution in [0.5, 0.6) is 5.75 Å². The zero-order valence-electron chi connectivity index (χ0n) is 68.4. The minimum atomic E-state index is -4.86. The molecule has 13 rings (SSSR count). The number of halogens is 4. The highest BCUT2D eigenvalue weighted by Crippen LogP contribution is 2.54. The number of nitrogens with zero attached hydrogens (tertiary/aromatic N) is 13. The van der Waals surface area contributed by atoms with Crippen LogP contribution in [0.4, 0.5) is 29.5 Å². The van der Waals surface area contributed by atoms with E-state index >= 15 is 0 Å². The number of hydrogen-bond acceptors (Lipinski definition) is 21. The van der Waals surface area contributed by atoms with Gasteiger partial charge in [0.2, 0.25) is 53.2 Å². The normalized spacial score (nSPS) is 21.5. The number of piperidine rings is 1. The maximum Gasteiger partial charge on any atom is 0.504 e. The van der Waals surface area contributed by atoms with Crippen molar-refractivity contribution in [3.05, 3.63) is 114 Å². The number of aromatic nitrogens is 7. The molecule has 3 aromatic heterocycles. The Balaban J connectivity index is 0.000000397. The fraction of sp³-hybridized carbons (Fsp3) is 0.576. The number of carbonyl (C=O) groups excluding carboxylic acids is 11. The lowest BCUT2D eigenvalue weighted by atomic mass is 9.85. The van der Waals surface area contributed by atoms with Crippen molar-refractivity contribution in [1.29, 1.82) is 0 Å². The predicted octanol–water partition coefficient (Wildman–Crippen LogP) is 2.02. The number of terminal acetylenes is 1. The molecule has 660 valence electrons. The summed E-state index contributed by atoms with van der Waals surface area (Å²) >= 11 is 0. The number of nitrogens with one attached hydrogen (secondary N) is 4. The third kappa shape index (κ3) is 23.1. The van der Waals surface area contributed by atoms with Gasteiger partial charge in [-0.05, 0) is 116 Å². The number of anilines is 2. The Morgan fingerprint density at radius 2 is 1.26 bits per heavy atom. The number of para-hydroxylation sites is 1. The standard InChI is InChI=1S/C61H75F3N14O11.C23H31N3O5.CH4.HI/c1-39-56(83)71(3)30-31-72(39)32-34-87-47-16-14-41(15-17-47)42-20-26-73(27-21-42)49-18-19-51-77(69-59(61(62,63)64)78(51)68-49)40(2)89-60(86)66-48-10-7-6-9-45(48)38-88-53(82)23-29-75-37-46(67-70-75)36-74(28-22-50(80)65-24-33-79)52(81)11-5-4-8-25-76-57(84)54-43-12-13-44(35-43)55(54)58(76)85;1-2-11-25(13-9-18(28)24-10-14-27)19(29)6-4-3-5-12-26-22(30)20-16-7-8-17(15-16)21(20)23(26)31;;/h6-7,9-10,12-19,37,39-40,42-44,54-55,79H,4-5,8,11,20-36,38H2,1-3H3,(H-,65,66,80,86);1,7-8,16-17,20-21,27H,3-6,9-15H2,(H,24,28);1H4;1H/p+1/t39-,40?,43-,44+,54+,55-;16-,17+,20+,21-;;/m0.../s1. The van der Waals surface area contributed by atoms with Crippen LogP contribution in [0.3, 0.4) is 0 Å². The number of H-pyrrole nitrogens is 1. The van der Waals surface area contributed by atoms with Crippen molar-refractivity contribution in [1.82, 2.24) is 65.2 Å². The Labute approximate surface area is 723 Å². The van der Waals surface area contributed by atoms with Gasteiger partial charge in [0.05, 0.1) is 86.9 Å². The summed E-state index contributed by atoms with van der Waals surface area (Å²) in [5.41, 5.74) is 2.13. The smallest absolute Gasteiger partial charge is 0.504 e. The fourth-order valence-electron chi connectivity index (χ4n) is 17.7. The van der Waals surface area contributed by atoms with E-state index in [-0.39, 0.29) is 247 Å². The molecule has 10 amide bonds. The van der Waals surface area contributed by atoms with Gasteiger partial charge in [0.15, 0.2) is 5.82 Å². The van der Waals surface area contributed by atoms with Crippen LogP contribution in [0.1, 0.15) is 152 Å². The molecule has 4 aliphatic heterocycles. The van der Waals surface area contributed by atoms with Crippen molar-refractivity contribution < 1.29 is 124 Å². The van der Waals surface area contributed by atoms with E-state index in [2.05, 4.69) is 71.6 Å². The average molecular weight is 1810 g/mol. The first-order valence-electron chi connectivity index (χ1n) is 41.6. The van der Waals surface area contributed by atoms with Crippen LogP contribution in [-0.4, -0.2) is 241 Å². The molecule has 1 unspecified atom stereocenters. The number of rotatable bonds is 39. The van der Waals surface area contributed by atoms with E-state index in [1.54, 1.807) is 41.4 Å². The van der Waals surface area contributed by atoms with Gasteiger partial charge in [0.1, 0.15) is 24.7 Å². The molecule has 8 aliphatic rings. The summed E-state index contributed by atoms with van der Waals surface area (Å²) in [4.78, 5) is 152. The molecule has 7 heterocycles. The Kier molecular flexibility index (Phi) is 33.5. The number of alkyl halides is 3. The molecule has 4 saturated heterocycles. The molecule has 37 heteroatoms. The number of fused-ring (bicyclic) bond motifs is 11. The quantitative estimate of drug-likeness (QED) is 0.00623. The molecule has 4 bridgehead atoms. The molecule has 33 nitrogen and oxygen atoms in total. The number of carbonyl (C=O) groups is 11. The summed E-state index contributed by atoms with van der Waals surface area (Å²) in [6, 6.07) is 17.3. The molecule has 2 aromatic carbocycles. The lowest BCUT2D eigenvalue weighted by Crippen LogP contribution is -3.00. The number of hydrogen-bond donors (Lipinski definition) is 6. The molecule has 2 saturated carbocycles. The number of ether oxygens (including phenoxy) is 3. The van der Waals surface area contributed by atoms with E-state index in [0.29, 0.717) is 101 Å². The third-order valence-electron chi connectivity index (χ3n) is 24.1. The van der Waals surface area contributed by atoms with Gasteiger partial charge in [0.25, 0.3) is 0 Å². The first-order chi connectivity index (χ1) is 57.8. The fourth-order valence-corrected chi connectivity index (χ4v) is 17.7. The minimum absolute atomic E-state index is 0. The number of likely N-dealkylation sites (tertiary alicyclic amines) is 2. The summed E-state index contributed by atoms with van der Waals surface area (Å²) in [5, 5.41) is 40.7. The van der Waals surface area contributed by atoms with Crippen LogP contribution in [-0.2, 0) is 83.3 Å². The maximum absolute atomic E-state index is 14.6. The van der Waals surface area contributed by atoms with Crippen molar-refractivity contribution in [2.24, 2.45) is 47.3 Å².